The monoisotopic (exact) mass is 348 g/mol. The highest BCUT2D eigenvalue weighted by Gasteiger charge is 2.41. The van der Waals surface area contributed by atoms with Gasteiger partial charge in [0.05, 0.1) is 18.2 Å². The molecule has 1 fully saturated rings. The van der Waals surface area contributed by atoms with E-state index in [-0.39, 0.29) is 6.10 Å². The fraction of sp³-hybridized carbons (Fsp3) is 0.391. The van der Waals surface area contributed by atoms with Gasteiger partial charge in [-0.25, -0.2) is 0 Å². The van der Waals surface area contributed by atoms with Crippen molar-refractivity contribution in [3.63, 3.8) is 0 Å². The fourth-order valence-electron chi connectivity index (χ4n) is 4.51. The van der Waals surface area contributed by atoms with Crippen molar-refractivity contribution in [2.75, 3.05) is 0 Å². The molecule has 3 nitrogen and oxygen atoms in total. The Morgan fingerprint density at radius 2 is 1.88 bits per heavy atom. The summed E-state index contributed by atoms with van der Waals surface area (Å²) in [6, 6.07) is 15.0. The zero-order valence-corrected chi connectivity index (χ0v) is 15.7. The predicted octanol–water partition coefficient (Wildman–Crippen LogP) is 5.10. The normalized spacial score (nSPS) is 23.4. The first-order valence-electron chi connectivity index (χ1n) is 9.60. The molecule has 0 amide bonds. The minimum Gasteiger partial charge on any atom is -0.371 e. The molecule has 0 saturated heterocycles. The van der Waals surface area contributed by atoms with Gasteiger partial charge in [-0.1, -0.05) is 60.4 Å². The second-order valence-electron chi connectivity index (χ2n) is 7.83. The average Bonchev–Trinajstić information content (AvgIpc) is 3.05. The highest BCUT2D eigenvalue weighted by molar-refractivity contribution is 5.84. The zero-order chi connectivity index (χ0) is 18.1. The smallest absolute Gasteiger partial charge is 0.0801 e. The lowest BCUT2D eigenvalue weighted by atomic mass is 9.75. The van der Waals surface area contributed by atoms with E-state index < -0.39 is 5.54 Å². The second-order valence-corrected chi connectivity index (χ2v) is 7.83. The largest absolute Gasteiger partial charge is 0.371 e. The molecular weight excluding hydrogens is 320 g/mol. The first-order valence-corrected chi connectivity index (χ1v) is 9.60. The third-order valence-corrected chi connectivity index (χ3v) is 5.70. The molecule has 0 aliphatic heterocycles. The maximum Gasteiger partial charge on any atom is 0.0801 e. The Balaban J connectivity index is 1.61. The molecule has 1 aliphatic carbocycles. The van der Waals surface area contributed by atoms with Crippen LogP contribution < -0.4 is 5.73 Å². The fourth-order valence-corrected chi connectivity index (χ4v) is 4.51. The molecule has 2 aromatic carbocycles. The number of para-hydroxylation sites is 1. The van der Waals surface area contributed by atoms with Crippen molar-refractivity contribution in [1.82, 2.24) is 4.98 Å². The summed E-state index contributed by atoms with van der Waals surface area (Å²) in [6.07, 6.45) is 6.44. The van der Waals surface area contributed by atoms with Crippen molar-refractivity contribution < 1.29 is 4.74 Å². The Hall–Kier alpha value is -2.10. The number of hydrogen-bond acceptors (Lipinski definition) is 2. The van der Waals surface area contributed by atoms with Gasteiger partial charge in [0.1, 0.15) is 0 Å². The maximum atomic E-state index is 7.01. The third-order valence-electron chi connectivity index (χ3n) is 5.70. The van der Waals surface area contributed by atoms with Crippen molar-refractivity contribution >= 4 is 10.9 Å². The van der Waals surface area contributed by atoms with E-state index in [1.165, 1.54) is 34.1 Å². The molecule has 136 valence electrons. The van der Waals surface area contributed by atoms with Gasteiger partial charge in [0.25, 0.3) is 0 Å². The molecule has 0 bridgehead atoms. The van der Waals surface area contributed by atoms with E-state index in [0.717, 1.165) is 24.8 Å². The number of rotatable bonds is 4. The van der Waals surface area contributed by atoms with E-state index >= 15 is 0 Å². The molecule has 0 spiro atoms. The van der Waals surface area contributed by atoms with Crippen LogP contribution >= 0.6 is 0 Å². The lowest BCUT2D eigenvalue weighted by molar-refractivity contribution is -0.0368. The summed E-state index contributed by atoms with van der Waals surface area (Å²) in [6.45, 7) is 4.89. The van der Waals surface area contributed by atoms with E-state index in [1.54, 1.807) is 0 Å². The number of aromatic nitrogens is 1. The first-order chi connectivity index (χ1) is 12.6. The van der Waals surface area contributed by atoms with Gasteiger partial charge < -0.3 is 15.5 Å². The van der Waals surface area contributed by atoms with Crippen LogP contribution in [0.25, 0.3) is 10.9 Å². The number of fused-ring (bicyclic) bond motifs is 1. The number of nitrogens with two attached hydrogens (primary N) is 1. The third kappa shape index (κ3) is 3.17. The summed E-state index contributed by atoms with van der Waals surface area (Å²) in [5.74, 6) is 0. The number of hydrogen-bond donors (Lipinski definition) is 2. The Morgan fingerprint density at radius 1 is 1.12 bits per heavy atom. The van der Waals surface area contributed by atoms with Crippen LogP contribution in [0.2, 0.25) is 0 Å². The van der Waals surface area contributed by atoms with Gasteiger partial charge >= 0.3 is 0 Å². The first kappa shape index (κ1) is 17.3. The van der Waals surface area contributed by atoms with Crippen LogP contribution in [0.15, 0.2) is 48.7 Å². The molecule has 1 aromatic heterocycles. The average molecular weight is 348 g/mol. The number of H-pyrrole nitrogens is 1. The van der Waals surface area contributed by atoms with Crippen LogP contribution in [-0.4, -0.2) is 11.1 Å². The topological polar surface area (TPSA) is 51.0 Å². The number of aromatic amines is 1. The second kappa shape index (κ2) is 6.90. The van der Waals surface area contributed by atoms with E-state index in [4.69, 9.17) is 10.5 Å². The van der Waals surface area contributed by atoms with Crippen molar-refractivity contribution in [3.8, 4) is 0 Å². The summed E-state index contributed by atoms with van der Waals surface area (Å²) in [7, 11) is 0. The molecule has 2 unspecified atom stereocenters. The molecule has 1 aliphatic rings. The van der Waals surface area contributed by atoms with Crippen LogP contribution in [-0.2, 0) is 16.9 Å². The highest BCUT2D eigenvalue weighted by atomic mass is 16.5. The Labute approximate surface area is 155 Å². The number of benzene rings is 2. The molecule has 0 radical (unpaired) electrons. The van der Waals surface area contributed by atoms with E-state index in [9.17, 15) is 0 Å². The van der Waals surface area contributed by atoms with Crippen molar-refractivity contribution in [3.05, 3.63) is 70.9 Å². The van der Waals surface area contributed by atoms with Crippen LogP contribution in [0.3, 0.4) is 0 Å². The molecule has 1 heterocycles. The van der Waals surface area contributed by atoms with Crippen molar-refractivity contribution in [2.24, 2.45) is 5.73 Å². The van der Waals surface area contributed by atoms with Gasteiger partial charge in [0.2, 0.25) is 0 Å². The molecule has 26 heavy (non-hydrogen) atoms. The van der Waals surface area contributed by atoms with Gasteiger partial charge in [-0.05, 0) is 43.9 Å². The highest BCUT2D eigenvalue weighted by Crippen LogP contribution is 2.40. The van der Waals surface area contributed by atoms with E-state index in [1.807, 2.05) is 0 Å². The van der Waals surface area contributed by atoms with E-state index in [0.29, 0.717) is 6.61 Å². The Kier molecular flexibility index (Phi) is 4.60. The standard InChI is InChI=1S/C23H28N2O/c1-16-11-17(2)13-18(12-16)15-26-22-9-5-6-10-23(22,24)20-14-25-21-8-4-3-7-19(20)21/h3-4,7-8,11-14,22,25H,5-6,9-10,15,24H2,1-2H3. The molecule has 4 rings (SSSR count). The number of aryl methyl sites for hydroxylation is 2. The lowest BCUT2D eigenvalue weighted by Crippen LogP contribution is -2.51. The Morgan fingerprint density at radius 3 is 2.69 bits per heavy atom. The quantitative estimate of drug-likeness (QED) is 0.689. The summed E-state index contributed by atoms with van der Waals surface area (Å²) >= 11 is 0. The lowest BCUT2D eigenvalue weighted by Gasteiger charge is -2.41. The molecule has 3 N–H and O–H groups in total. The molecule has 3 aromatic rings. The van der Waals surface area contributed by atoms with Crippen molar-refractivity contribution in [2.45, 2.75) is 57.8 Å². The molecular formula is C23H28N2O. The summed E-state index contributed by atoms with van der Waals surface area (Å²) < 4.78 is 6.43. The van der Waals surface area contributed by atoms with Crippen molar-refractivity contribution in [1.29, 1.82) is 0 Å². The van der Waals surface area contributed by atoms with Gasteiger partial charge in [-0.2, -0.15) is 0 Å². The minimum absolute atomic E-state index is 0.0382. The predicted molar refractivity (Wildman–Crippen MR) is 107 cm³/mol. The van der Waals surface area contributed by atoms with E-state index in [2.05, 4.69) is 67.5 Å². The van der Waals surface area contributed by atoms with Crippen LogP contribution in [0, 0.1) is 13.8 Å². The summed E-state index contributed by atoms with van der Waals surface area (Å²) in [4.78, 5) is 3.38. The zero-order valence-electron chi connectivity index (χ0n) is 15.7. The SMILES string of the molecule is Cc1cc(C)cc(COC2CCCCC2(N)c2c[nH]c3ccccc23)c1. The molecule has 3 heteroatoms. The Bertz CT molecular complexity index is 893. The van der Waals surface area contributed by atoms with Crippen LogP contribution in [0.1, 0.15) is 47.9 Å². The number of ether oxygens (including phenoxy) is 1. The molecule has 2 atom stereocenters. The van der Waals surface area contributed by atoms with Gasteiger partial charge in [-0.15, -0.1) is 0 Å². The number of nitrogens with one attached hydrogen (secondary N) is 1. The van der Waals surface area contributed by atoms with Crippen LogP contribution in [0.4, 0.5) is 0 Å². The maximum absolute atomic E-state index is 7.01. The summed E-state index contributed by atoms with van der Waals surface area (Å²) in [5, 5.41) is 1.22. The van der Waals surface area contributed by atoms with Gasteiger partial charge in [0, 0.05) is 17.1 Å². The summed E-state index contributed by atoms with van der Waals surface area (Å²) in [5.41, 5.74) is 12.7. The molecule has 1 saturated carbocycles. The minimum atomic E-state index is -0.434. The van der Waals surface area contributed by atoms with Gasteiger partial charge in [-0.3, -0.25) is 0 Å². The van der Waals surface area contributed by atoms with Crippen LogP contribution in [0.5, 0.6) is 0 Å². The van der Waals surface area contributed by atoms with Gasteiger partial charge in [0.15, 0.2) is 0 Å².